The minimum atomic E-state index is 0.320. The number of aliphatic hydroxyl groups excluding tert-OH is 1. The molecule has 15 heavy (non-hydrogen) atoms. The van der Waals surface area contributed by atoms with Crippen molar-refractivity contribution in [1.82, 2.24) is 9.88 Å². The lowest BCUT2D eigenvalue weighted by molar-refractivity contribution is 0.204. The number of hydrogen-bond acceptors (Lipinski definition) is 4. The minimum absolute atomic E-state index is 0.320. The molecule has 1 N–H and O–H groups in total. The molecular weight excluding hydrogens is 208 g/mol. The highest BCUT2D eigenvalue weighted by Gasteiger charge is 2.27. The van der Waals surface area contributed by atoms with E-state index in [2.05, 4.69) is 23.7 Å². The molecule has 84 valence electrons. The number of nitrogens with zero attached hydrogens (tertiary/aromatic N) is 2. The standard InChI is InChI=1S/C11H18N2OS/c1-8-5-12-11(15-8)9(2)13-4-3-10(6-13)7-14/h5,9-10,14H,3-4,6-7H2,1-2H3. The average Bonchev–Trinajstić information content (AvgIpc) is 2.84. The number of hydrogen-bond donors (Lipinski definition) is 1. The van der Waals surface area contributed by atoms with Gasteiger partial charge in [-0.15, -0.1) is 11.3 Å². The molecule has 0 amide bonds. The monoisotopic (exact) mass is 226 g/mol. The number of thiazole rings is 1. The molecular formula is C11H18N2OS. The van der Waals surface area contributed by atoms with Crippen LogP contribution < -0.4 is 0 Å². The van der Waals surface area contributed by atoms with Crippen molar-refractivity contribution in [1.29, 1.82) is 0 Å². The van der Waals surface area contributed by atoms with E-state index in [4.69, 9.17) is 5.11 Å². The molecule has 1 saturated heterocycles. The third-order valence-electron chi connectivity index (χ3n) is 3.12. The summed E-state index contributed by atoms with van der Waals surface area (Å²) in [5.41, 5.74) is 0. The van der Waals surface area contributed by atoms with Gasteiger partial charge in [-0.2, -0.15) is 0 Å². The number of aromatic nitrogens is 1. The summed E-state index contributed by atoms with van der Waals surface area (Å²) in [6.45, 7) is 6.72. The molecule has 1 aliphatic rings. The Morgan fingerprint density at radius 2 is 2.53 bits per heavy atom. The molecule has 0 radical (unpaired) electrons. The Morgan fingerprint density at radius 1 is 1.73 bits per heavy atom. The Balaban J connectivity index is 2.00. The van der Waals surface area contributed by atoms with Crippen LogP contribution in [0.5, 0.6) is 0 Å². The average molecular weight is 226 g/mol. The Kier molecular flexibility index (Phi) is 3.38. The first-order chi connectivity index (χ1) is 7.20. The minimum Gasteiger partial charge on any atom is -0.396 e. The van der Waals surface area contributed by atoms with Crippen molar-refractivity contribution in [3.05, 3.63) is 16.1 Å². The van der Waals surface area contributed by atoms with Crippen LogP contribution in [0.4, 0.5) is 0 Å². The summed E-state index contributed by atoms with van der Waals surface area (Å²) in [6.07, 6.45) is 3.06. The van der Waals surface area contributed by atoms with E-state index in [1.54, 1.807) is 11.3 Å². The van der Waals surface area contributed by atoms with Crippen molar-refractivity contribution in [3.8, 4) is 0 Å². The van der Waals surface area contributed by atoms with Crippen LogP contribution in [0.2, 0.25) is 0 Å². The van der Waals surface area contributed by atoms with Gasteiger partial charge in [-0.3, -0.25) is 4.90 Å². The van der Waals surface area contributed by atoms with E-state index in [-0.39, 0.29) is 0 Å². The van der Waals surface area contributed by atoms with Crippen LogP contribution in [0.15, 0.2) is 6.20 Å². The Hall–Kier alpha value is -0.450. The predicted octanol–water partition coefficient (Wildman–Crippen LogP) is 1.83. The summed E-state index contributed by atoms with van der Waals surface area (Å²) in [5.74, 6) is 0.466. The van der Waals surface area contributed by atoms with Crippen molar-refractivity contribution in [2.75, 3.05) is 19.7 Å². The number of aryl methyl sites for hydroxylation is 1. The van der Waals surface area contributed by atoms with Crippen LogP contribution in [0.1, 0.15) is 29.3 Å². The first-order valence-electron chi connectivity index (χ1n) is 5.48. The Bertz CT molecular complexity index is 326. The van der Waals surface area contributed by atoms with Gasteiger partial charge in [-0.25, -0.2) is 4.98 Å². The zero-order valence-corrected chi connectivity index (χ0v) is 10.1. The lowest BCUT2D eigenvalue weighted by atomic mass is 10.1. The van der Waals surface area contributed by atoms with Gasteiger partial charge in [0.25, 0.3) is 0 Å². The fraction of sp³-hybridized carbons (Fsp3) is 0.727. The van der Waals surface area contributed by atoms with Gasteiger partial charge >= 0.3 is 0 Å². The Morgan fingerprint density at radius 3 is 3.07 bits per heavy atom. The summed E-state index contributed by atoms with van der Waals surface area (Å²) >= 11 is 1.78. The van der Waals surface area contributed by atoms with Gasteiger partial charge < -0.3 is 5.11 Å². The van der Waals surface area contributed by atoms with Gasteiger partial charge in [0.2, 0.25) is 0 Å². The maximum absolute atomic E-state index is 9.10. The SMILES string of the molecule is Cc1cnc(C(C)N2CCC(CO)C2)s1. The quantitative estimate of drug-likeness (QED) is 0.854. The molecule has 1 fully saturated rings. The fourth-order valence-electron chi connectivity index (χ4n) is 2.08. The molecule has 1 aromatic heterocycles. The van der Waals surface area contributed by atoms with E-state index in [0.717, 1.165) is 19.5 Å². The van der Waals surface area contributed by atoms with Crippen LogP contribution in [0.3, 0.4) is 0 Å². The van der Waals surface area contributed by atoms with Gasteiger partial charge in [0, 0.05) is 24.2 Å². The molecule has 2 heterocycles. The normalized spacial score (nSPS) is 24.6. The smallest absolute Gasteiger partial charge is 0.110 e. The van der Waals surface area contributed by atoms with Gasteiger partial charge in [0.1, 0.15) is 5.01 Å². The summed E-state index contributed by atoms with van der Waals surface area (Å²) in [4.78, 5) is 8.11. The highest BCUT2D eigenvalue weighted by atomic mass is 32.1. The zero-order valence-electron chi connectivity index (χ0n) is 9.31. The van der Waals surface area contributed by atoms with Crippen LogP contribution >= 0.6 is 11.3 Å². The molecule has 0 spiro atoms. The molecule has 0 saturated carbocycles. The maximum atomic E-state index is 9.10. The summed E-state index contributed by atoms with van der Waals surface area (Å²) < 4.78 is 0. The number of rotatable bonds is 3. The summed E-state index contributed by atoms with van der Waals surface area (Å²) in [5, 5.41) is 10.3. The molecule has 1 aliphatic heterocycles. The van der Waals surface area contributed by atoms with E-state index in [1.807, 2.05) is 6.20 Å². The first-order valence-corrected chi connectivity index (χ1v) is 6.29. The van der Waals surface area contributed by atoms with Crippen LogP contribution in [-0.2, 0) is 0 Å². The van der Waals surface area contributed by atoms with Crippen LogP contribution in [0.25, 0.3) is 0 Å². The zero-order chi connectivity index (χ0) is 10.8. The maximum Gasteiger partial charge on any atom is 0.110 e. The van der Waals surface area contributed by atoms with Crippen LogP contribution in [-0.4, -0.2) is 34.7 Å². The Labute approximate surface area is 94.8 Å². The third kappa shape index (κ3) is 2.38. The molecule has 0 aliphatic carbocycles. The lowest BCUT2D eigenvalue weighted by Gasteiger charge is -2.22. The summed E-state index contributed by atoms with van der Waals surface area (Å²) in [7, 11) is 0. The second kappa shape index (κ2) is 4.60. The molecule has 0 bridgehead atoms. The van der Waals surface area contributed by atoms with Crippen molar-refractivity contribution in [2.45, 2.75) is 26.3 Å². The number of likely N-dealkylation sites (tertiary alicyclic amines) is 1. The third-order valence-corrected chi connectivity index (χ3v) is 4.20. The van der Waals surface area contributed by atoms with Crippen molar-refractivity contribution < 1.29 is 5.11 Å². The fourth-order valence-corrected chi connectivity index (χ4v) is 2.95. The van der Waals surface area contributed by atoms with E-state index in [9.17, 15) is 0 Å². The van der Waals surface area contributed by atoms with E-state index >= 15 is 0 Å². The highest BCUT2D eigenvalue weighted by molar-refractivity contribution is 7.11. The van der Waals surface area contributed by atoms with Crippen molar-refractivity contribution in [3.63, 3.8) is 0 Å². The molecule has 2 unspecified atom stereocenters. The van der Waals surface area contributed by atoms with E-state index < -0.39 is 0 Å². The van der Waals surface area contributed by atoms with Crippen LogP contribution in [0, 0.1) is 12.8 Å². The first kappa shape index (κ1) is 11.0. The molecule has 2 atom stereocenters. The predicted molar refractivity (Wildman–Crippen MR) is 62.0 cm³/mol. The second-order valence-electron chi connectivity index (χ2n) is 4.32. The van der Waals surface area contributed by atoms with Gasteiger partial charge in [0.15, 0.2) is 0 Å². The summed E-state index contributed by atoms with van der Waals surface area (Å²) in [6, 6.07) is 0.403. The van der Waals surface area contributed by atoms with Gasteiger partial charge in [-0.05, 0) is 32.7 Å². The van der Waals surface area contributed by atoms with Crippen molar-refractivity contribution >= 4 is 11.3 Å². The topological polar surface area (TPSA) is 36.4 Å². The molecule has 3 nitrogen and oxygen atoms in total. The highest BCUT2D eigenvalue weighted by Crippen LogP contribution is 2.29. The van der Waals surface area contributed by atoms with Crippen molar-refractivity contribution in [2.24, 2.45) is 5.92 Å². The second-order valence-corrected chi connectivity index (χ2v) is 5.58. The van der Waals surface area contributed by atoms with Gasteiger partial charge in [-0.1, -0.05) is 0 Å². The number of aliphatic hydroxyl groups is 1. The van der Waals surface area contributed by atoms with E-state index in [0.29, 0.717) is 18.6 Å². The molecule has 0 aromatic carbocycles. The largest absolute Gasteiger partial charge is 0.396 e. The van der Waals surface area contributed by atoms with E-state index in [1.165, 1.54) is 9.88 Å². The molecule has 2 rings (SSSR count). The lowest BCUT2D eigenvalue weighted by Crippen LogP contribution is -2.24. The molecule has 1 aromatic rings. The molecule has 4 heteroatoms. The van der Waals surface area contributed by atoms with Gasteiger partial charge in [0.05, 0.1) is 6.04 Å².